The van der Waals surface area contributed by atoms with Gasteiger partial charge in [0.05, 0.1) is 5.54 Å². The average Bonchev–Trinajstić information content (AvgIpc) is 2.60. The second kappa shape index (κ2) is 6.83. The number of aryl methyl sites for hydroxylation is 1. The van der Waals surface area contributed by atoms with Crippen molar-refractivity contribution < 1.29 is 9.59 Å². The number of likely N-dealkylation sites (tertiary alicyclic amines) is 2. The first-order valence-corrected chi connectivity index (χ1v) is 8.95. The van der Waals surface area contributed by atoms with Gasteiger partial charge in [0, 0.05) is 32.2 Å². The third-order valence-corrected chi connectivity index (χ3v) is 5.55. The number of amides is 3. The van der Waals surface area contributed by atoms with Crippen LogP contribution in [0.15, 0.2) is 24.3 Å². The molecule has 1 N–H and O–H groups in total. The molecule has 0 bridgehead atoms. The molecule has 0 radical (unpaired) electrons. The first-order valence-electron chi connectivity index (χ1n) is 8.95. The molecule has 0 aliphatic carbocycles. The molecule has 0 unspecified atom stereocenters. The zero-order valence-electron chi connectivity index (χ0n) is 14.7. The van der Waals surface area contributed by atoms with Gasteiger partial charge >= 0.3 is 6.03 Å². The van der Waals surface area contributed by atoms with Crippen molar-refractivity contribution in [2.24, 2.45) is 0 Å². The van der Waals surface area contributed by atoms with Crippen LogP contribution in [-0.2, 0) is 11.2 Å². The zero-order chi connectivity index (χ0) is 17.2. The summed E-state index contributed by atoms with van der Waals surface area (Å²) in [5.74, 6) is 0.208. The molecule has 2 aliphatic heterocycles. The van der Waals surface area contributed by atoms with E-state index in [1.807, 2.05) is 35.0 Å². The summed E-state index contributed by atoms with van der Waals surface area (Å²) in [5, 5.41) is 3.02. The lowest BCUT2D eigenvalue weighted by molar-refractivity contribution is -0.142. The Balaban J connectivity index is 1.70. The van der Waals surface area contributed by atoms with Crippen molar-refractivity contribution in [2.45, 2.75) is 51.0 Å². The number of nitrogens with zero attached hydrogens (tertiary/aromatic N) is 2. The molecule has 1 spiro atoms. The lowest BCUT2D eigenvalue weighted by Gasteiger charge is -2.50. The van der Waals surface area contributed by atoms with Crippen molar-refractivity contribution in [2.75, 3.05) is 25.5 Å². The van der Waals surface area contributed by atoms with Crippen LogP contribution >= 0.6 is 0 Å². The van der Waals surface area contributed by atoms with Crippen LogP contribution in [0.5, 0.6) is 0 Å². The number of carbonyl (C=O) groups excluding carboxylic acids is 2. The number of benzene rings is 1. The largest absolute Gasteiger partial charge is 0.338 e. The number of piperidine rings is 2. The highest BCUT2D eigenvalue weighted by atomic mass is 16.2. The van der Waals surface area contributed by atoms with E-state index >= 15 is 0 Å². The molecule has 3 rings (SSSR count). The van der Waals surface area contributed by atoms with Crippen LogP contribution in [0.4, 0.5) is 10.5 Å². The van der Waals surface area contributed by atoms with Crippen molar-refractivity contribution in [3.8, 4) is 0 Å². The third kappa shape index (κ3) is 3.25. The summed E-state index contributed by atoms with van der Waals surface area (Å²) in [7, 11) is 1.90. The lowest BCUT2D eigenvalue weighted by Crippen LogP contribution is -2.62. The second-order valence-corrected chi connectivity index (χ2v) is 7.04. The van der Waals surface area contributed by atoms with E-state index in [9.17, 15) is 9.59 Å². The van der Waals surface area contributed by atoms with Crippen LogP contribution in [0, 0.1) is 0 Å². The summed E-state index contributed by atoms with van der Waals surface area (Å²) >= 11 is 0. The van der Waals surface area contributed by atoms with Crippen molar-refractivity contribution in [3.63, 3.8) is 0 Å². The minimum absolute atomic E-state index is 0.0613. The van der Waals surface area contributed by atoms with Crippen LogP contribution in [0.25, 0.3) is 0 Å². The smallest absolute Gasteiger partial charge is 0.321 e. The number of hydrogen-bond donors (Lipinski definition) is 1. The minimum atomic E-state index is -0.170. The summed E-state index contributed by atoms with van der Waals surface area (Å²) in [5.41, 5.74) is 1.88. The van der Waals surface area contributed by atoms with Crippen molar-refractivity contribution in [3.05, 3.63) is 29.8 Å². The first-order chi connectivity index (χ1) is 11.5. The maximum Gasteiger partial charge on any atom is 0.321 e. The molecule has 2 fully saturated rings. The second-order valence-electron chi connectivity index (χ2n) is 7.04. The van der Waals surface area contributed by atoms with Crippen molar-refractivity contribution in [1.29, 1.82) is 0 Å². The van der Waals surface area contributed by atoms with Gasteiger partial charge in [0.15, 0.2) is 0 Å². The van der Waals surface area contributed by atoms with Gasteiger partial charge in [0.1, 0.15) is 0 Å². The van der Waals surface area contributed by atoms with Crippen molar-refractivity contribution >= 4 is 17.6 Å². The number of likely N-dealkylation sites (N-methyl/N-ethyl adjacent to an activating group) is 1. The molecule has 2 heterocycles. The van der Waals surface area contributed by atoms with Crippen LogP contribution in [0.3, 0.4) is 0 Å². The maximum absolute atomic E-state index is 12.7. The highest BCUT2D eigenvalue weighted by molar-refractivity contribution is 5.89. The fraction of sp³-hybridized carbons (Fsp3) is 0.579. The molecule has 2 saturated heterocycles. The SMILES string of the molecule is CCc1cccc(NC(=O)N2CCC[C@]3(CCCC(=O)N3C)C2)c1. The molecule has 5 nitrogen and oxygen atoms in total. The van der Waals surface area contributed by atoms with Crippen LogP contribution in [0.2, 0.25) is 0 Å². The maximum atomic E-state index is 12.7. The topological polar surface area (TPSA) is 52.7 Å². The number of anilines is 1. The highest BCUT2D eigenvalue weighted by Gasteiger charge is 2.44. The predicted octanol–water partition coefficient (Wildman–Crippen LogP) is 3.26. The molecular formula is C19H27N3O2. The Labute approximate surface area is 144 Å². The van der Waals surface area contributed by atoms with E-state index in [0.29, 0.717) is 13.0 Å². The normalized spacial score (nSPS) is 24.3. The summed E-state index contributed by atoms with van der Waals surface area (Å²) in [6.07, 6.45) is 5.43. The van der Waals surface area contributed by atoms with Gasteiger partial charge in [-0.15, -0.1) is 0 Å². The fourth-order valence-electron chi connectivity index (χ4n) is 4.00. The van der Waals surface area contributed by atoms with Crippen LogP contribution < -0.4 is 5.32 Å². The van der Waals surface area contributed by atoms with Crippen LogP contribution in [-0.4, -0.2) is 47.4 Å². The Morgan fingerprint density at radius 1 is 1.29 bits per heavy atom. The number of carbonyl (C=O) groups is 2. The zero-order valence-corrected chi connectivity index (χ0v) is 14.7. The quantitative estimate of drug-likeness (QED) is 0.905. The lowest BCUT2D eigenvalue weighted by atomic mass is 9.80. The summed E-state index contributed by atoms with van der Waals surface area (Å²) in [4.78, 5) is 28.6. The van der Waals surface area contributed by atoms with E-state index < -0.39 is 0 Å². The van der Waals surface area contributed by atoms with Gasteiger partial charge in [-0.1, -0.05) is 19.1 Å². The molecule has 2 aliphatic rings. The van der Waals surface area contributed by atoms with E-state index in [1.54, 1.807) is 0 Å². The van der Waals surface area contributed by atoms with Crippen molar-refractivity contribution in [1.82, 2.24) is 9.80 Å². The van der Waals surface area contributed by atoms with Crippen LogP contribution in [0.1, 0.15) is 44.6 Å². The number of nitrogens with one attached hydrogen (secondary N) is 1. The molecule has 24 heavy (non-hydrogen) atoms. The van der Waals surface area contributed by atoms with Gasteiger partial charge < -0.3 is 15.1 Å². The van der Waals surface area contributed by atoms with Gasteiger partial charge in [0.25, 0.3) is 0 Å². The molecule has 1 atom stereocenters. The summed E-state index contributed by atoms with van der Waals surface area (Å²) in [6.45, 7) is 3.49. The van der Waals surface area contributed by atoms with E-state index in [1.165, 1.54) is 5.56 Å². The molecular weight excluding hydrogens is 302 g/mol. The monoisotopic (exact) mass is 329 g/mol. The number of urea groups is 1. The molecule has 1 aromatic rings. The summed E-state index contributed by atoms with van der Waals surface area (Å²) < 4.78 is 0. The van der Waals surface area contributed by atoms with Gasteiger partial charge in [0.2, 0.25) is 5.91 Å². The van der Waals surface area contributed by atoms with E-state index in [-0.39, 0.29) is 17.5 Å². The summed E-state index contributed by atoms with van der Waals surface area (Å²) in [6, 6.07) is 7.92. The number of hydrogen-bond acceptors (Lipinski definition) is 2. The van der Waals surface area contributed by atoms with E-state index in [0.717, 1.165) is 44.3 Å². The standard InChI is InChI=1S/C19H27N3O2/c1-3-15-7-4-8-16(13-15)20-18(24)22-12-6-11-19(14-22)10-5-9-17(23)21(19)2/h4,7-8,13H,3,5-6,9-12,14H2,1-2H3,(H,20,24)/t19-/m1/s1. The Kier molecular flexibility index (Phi) is 4.78. The van der Waals surface area contributed by atoms with Gasteiger partial charge in [-0.2, -0.15) is 0 Å². The Morgan fingerprint density at radius 2 is 2.08 bits per heavy atom. The minimum Gasteiger partial charge on any atom is -0.338 e. The molecule has 0 aromatic heterocycles. The van der Waals surface area contributed by atoms with Gasteiger partial charge in [-0.3, -0.25) is 4.79 Å². The molecule has 1 aromatic carbocycles. The molecule has 5 heteroatoms. The molecule has 130 valence electrons. The fourth-order valence-corrected chi connectivity index (χ4v) is 4.00. The van der Waals surface area contributed by atoms with E-state index in [4.69, 9.17) is 0 Å². The Morgan fingerprint density at radius 3 is 2.88 bits per heavy atom. The third-order valence-electron chi connectivity index (χ3n) is 5.55. The molecule has 3 amide bonds. The van der Waals surface area contributed by atoms with Gasteiger partial charge in [-0.25, -0.2) is 4.79 Å². The predicted molar refractivity (Wildman–Crippen MR) is 95.0 cm³/mol. The number of rotatable bonds is 2. The Hall–Kier alpha value is -2.04. The highest BCUT2D eigenvalue weighted by Crippen LogP contribution is 2.35. The molecule has 0 saturated carbocycles. The Bertz CT molecular complexity index is 627. The average molecular weight is 329 g/mol. The van der Waals surface area contributed by atoms with E-state index in [2.05, 4.69) is 18.3 Å². The first kappa shape index (κ1) is 16.8. The van der Waals surface area contributed by atoms with Gasteiger partial charge in [-0.05, 0) is 49.8 Å².